The predicted molar refractivity (Wildman–Crippen MR) is 137 cm³/mol. The van der Waals surface area contributed by atoms with Gasteiger partial charge in [0.1, 0.15) is 12.6 Å². The Morgan fingerprint density at radius 2 is 1.71 bits per heavy atom. The number of carbonyl (C=O) groups excluding carboxylic acids is 1. The average molecular weight is 512 g/mol. The van der Waals surface area contributed by atoms with Gasteiger partial charge < -0.3 is 19.1 Å². The van der Waals surface area contributed by atoms with Crippen molar-refractivity contribution in [3.8, 4) is 0 Å². The van der Waals surface area contributed by atoms with E-state index in [1.807, 2.05) is 41.1 Å². The molecule has 5 rings (SSSR count). The molecule has 0 radical (unpaired) electrons. The van der Waals surface area contributed by atoms with Crippen LogP contribution in [0.1, 0.15) is 34.6 Å². The van der Waals surface area contributed by atoms with Gasteiger partial charge in [-0.2, -0.15) is 0 Å². The number of hydrogen-bond donors (Lipinski definition) is 0. The number of rotatable bonds is 10. The van der Waals surface area contributed by atoms with Gasteiger partial charge >= 0.3 is 5.97 Å². The summed E-state index contributed by atoms with van der Waals surface area (Å²) in [5, 5.41) is 17.7. The molecule has 2 saturated carbocycles. The van der Waals surface area contributed by atoms with Crippen LogP contribution in [0.5, 0.6) is 0 Å². The van der Waals surface area contributed by atoms with E-state index in [4.69, 9.17) is 9.47 Å². The monoisotopic (exact) mass is 511 g/mol. The summed E-state index contributed by atoms with van der Waals surface area (Å²) in [7, 11) is 4.53. The molecule has 2 aromatic heterocycles. The van der Waals surface area contributed by atoms with Gasteiger partial charge in [0.05, 0.1) is 39.0 Å². The van der Waals surface area contributed by atoms with Crippen LogP contribution in [0.15, 0.2) is 65.4 Å². The molecule has 0 spiro atoms. The number of carbonyl (C=O) groups is 1. The summed E-state index contributed by atoms with van der Waals surface area (Å²) in [4.78, 5) is 14.4. The maximum absolute atomic E-state index is 14.0. The minimum absolute atomic E-state index is 0.192. The number of ether oxygens (including phenoxy) is 2. The van der Waals surface area contributed by atoms with Gasteiger partial charge in [0, 0.05) is 21.6 Å². The third kappa shape index (κ3) is 4.85. The molecule has 2 aliphatic rings. The van der Waals surface area contributed by atoms with E-state index in [1.165, 1.54) is 28.2 Å². The highest BCUT2D eigenvalue weighted by atomic mass is 32.1. The fraction of sp³-hybridized carbons (Fsp3) is 0.464. The summed E-state index contributed by atoms with van der Waals surface area (Å²) >= 11 is 2.64. The first-order chi connectivity index (χ1) is 16.9. The quantitative estimate of drug-likeness (QED) is 0.230. The number of esters is 1. The molecule has 2 unspecified atom stereocenters. The van der Waals surface area contributed by atoms with Gasteiger partial charge in [-0.3, -0.25) is 4.79 Å². The average Bonchev–Trinajstić information content (AvgIpc) is 3.66. The fourth-order valence-electron chi connectivity index (χ4n) is 6.17. The highest BCUT2D eigenvalue weighted by molar-refractivity contribution is 7.12. The molecule has 0 amide bonds. The third-order valence-electron chi connectivity index (χ3n) is 7.82. The number of nitrogens with zero attached hydrogens (tertiary/aromatic N) is 1. The summed E-state index contributed by atoms with van der Waals surface area (Å²) in [5.74, 6) is 0.130. The molecule has 7 heteroatoms. The zero-order valence-electron chi connectivity index (χ0n) is 20.3. The van der Waals surface area contributed by atoms with E-state index in [-0.39, 0.29) is 12.0 Å². The minimum Gasteiger partial charge on any atom is -0.833 e. The van der Waals surface area contributed by atoms with Crippen molar-refractivity contribution in [1.82, 2.24) is 0 Å². The first kappa shape index (κ1) is 24.7. The van der Waals surface area contributed by atoms with Crippen LogP contribution in [0.4, 0.5) is 0 Å². The smallest absolute Gasteiger partial charge is 0.306 e. The van der Waals surface area contributed by atoms with Gasteiger partial charge in [0.15, 0.2) is 0 Å². The van der Waals surface area contributed by atoms with Crippen molar-refractivity contribution in [2.24, 2.45) is 11.8 Å². The van der Waals surface area contributed by atoms with E-state index >= 15 is 0 Å². The largest absolute Gasteiger partial charge is 0.833 e. The summed E-state index contributed by atoms with van der Waals surface area (Å²) in [6.07, 6.45) is 2.86. The van der Waals surface area contributed by atoms with Crippen LogP contribution in [0, 0.1) is 11.8 Å². The molecule has 0 N–H and O–H groups in total. The summed E-state index contributed by atoms with van der Waals surface area (Å²) < 4.78 is 12.9. The Kier molecular flexibility index (Phi) is 7.15. The normalized spacial score (nSPS) is 24.1. The zero-order chi connectivity index (χ0) is 24.5. The molecule has 35 heavy (non-hydrogen) atoms. The maximum Gasteiger partial charge on any atom is 0.306 e. The van der Waals surface area contributed by atoms with Crippen molar-refractivity contribution in [2.75, 3.05) is 27.2 Å². The highest BCUT2D eigenvalue weighted by Crippen LogP contribution is 2.50. The Hall–Kier alpha value is -2.03. The fourth-order valence-corrected chi connectivity index (χ4v) is 7.88. The molecule has 2 bridgehead atoms. The number of thiophene rings is 2. The van der Waals surface area contributed by atoms with Crippen molar-refractivity contribution in [1.29, 1.82) is 0 Å². The topological polar surface area (TPSA) is 58.6 Å². The van der Waals surface area contributed by atoms with Crippen molar-refractivity contribution in [3.05, 3.63) is 80.7 Å². The molecule has 186 valence electrons. The van der Waals surface area contributed by atoms with E-state index in [0.717, 1.165) is 30.3 Å². The molecule has 5 nitrogen and oxygen atoms in total. The molecule has 2 fully saturated rings. The van der Waals surface area contributed by atoms with Gasteiger partial charge in [-0.15, -0.1) is 22.7 Å². The standard InChI is InChI=1S/C28H33NO4S2/c1-29(2,14-15-32-19-20-8-4-3-5-9-20)26-21-12-13-22(26)23(18-21)33-27(30)28(31,24-10-6-16-34-24)25-11-7-17-35-25/h3-11,16-17,21-23,26H,12-15,18-19H2,1-2H3/t21?,22-,23-,26?/m1/s1. The number of benzene rings is 1. The predicted octanol–water partition coefficient (Wildman–Crippen LogP) is 4.42. The van der Waals surface area contributed by atoms with E-state index in [1.54, 1.807) is 12.1 Å². The zero-order valence-corrected chi connectivity index (χ0v) is 21.9. The van der Waals surface area contributed by atoms with Crippen LogP contribution < -0.4 is 5.11 Å². The second-order valence-corrected chi connectivity index (χ2v) is 12.2. The number of quaternary nitrogens is 1. The SMILES string of the molecule is C[N+](C)(CCOCc1ccccc1)C1C2CC[C@@H]1[C@H](OC(=O)C([O-])(c1cccs1)c1cccs1)C2. The number of likely N-dealkylation sites (N-methyl/N-ethyl adjacent to an activating group) is 1. The molecule has 4 atom stereocenters. The van der Waals surface area contributed by atoms with E-state index in [2.05, 4.69) is 26.2 Å². The lowest BCUT2D eigenvalue weighted by Gasteiger charge is -2.40. The maximum atomic E-state index is 14.0. The Morgan fingerprint density at radius 1 is 1.03 bits per heavy atom. The Labute approximate surface area is 215 Å². The lowest BCUT2D eigenvalue weighted by molar-refractivity contribution is -0.920. The van der Waals surface area contributed by atoms with Gasteiger partial charge in [0.25, 0.3) is 0 Å². The van der Waals surface area contributed by atoms with Gasteiger partial charge in [0.2, 0.25) is 0 Å². The van der Waals surface area contributed by atoms with Gasteiger partial charge in [-0.05, 0) is 47.7 Å². The second kappa shape index (κ2) is 10.1. The van der Waals surface area contributed by atoms with E-state index in [0.29, 0.717) is 34.9 Å². The first-order valence-electron chi connectivity index (χ1n) is 12.3. The third-order valence-corrected chi connectivity index (χ3v) is 9.76. The Bertz CT molecular complexity index is 1060. The lowest BCUT2D eigenvalue weighted by atomic mass is 9.96. The van der Waals surface area contributed by atoms with Crippen LogP contribution in [0.2, 0.25) is 0 Å². The van der Waals surface area contributed by atoms with Crippen molar-refractivity contribution < 1.29 is 23.9 Å². The lowest BCUT2D eigenvalue weighted by Crippen LogP contribution is -2.54. The minimum atomic E-state index is -1.99. The molecular weight excluding hydrogens is 478 g/mol. The van der Waals surface area contributed by atoms with Gasteiger partial charge in [-0.1, -0.05) is 42.5 Å². The Balaban J connectivity index is 1.23. The first-order valence-corrected chi connectivity index (χ1v) is 14.1. The van der Waals surface area contributed by atoms with E-state index in [9.17, 15) is 9.90 Å². The number of fused-ring (bicyclic) bond motifs is 2. The molecule has 1 aromatic carbocycles. The Morgan fingerprint density at radius 3 is 2.34 bits per heavy atom. The van der Waals surface area contributed by atoms with Crippen LogP contribution in [-0.4, -0.2) is 49.8 Å². The molecule has 2 aliphatic carbocycles. The molecule has 0 saturated heterocycles. The van der Waals surface area contributed by atoms with Crippen LogP contribution in [0.3, 0.4) is 0 Å². The van der Waals surface area contributed by atoms with Crippen LogP contribution in [-0.2, 0) is 26.5 Å². The van der Waals surface area contributed by atoms with Crippen LogP contribution >= 0.6 is 22.7 Å². The highest BCUT2D eigenvalue weighted by Gasteiger charge is 2.57. The van der Waals surface area contributed by atoms with Crippen molar-refractivity contribution in [2.45, 2.75) is 43.6 Å². The van der Waals surface area contributed by atoms with Crippen molar-refractivity contribution >= 4 is 28.6 Å². The molecule has 2 heterocycles. The molecule has 0 aliphatic heterocycles. The molecule has 3 aromatic rings. The summed E-state index contributed by atoms with van der Waals surface area (Å²) in [6.45, 7) is 2.21. The summed E-state index contributed by atoms with van der Waals surface area (Å²) in [5.41, 5.74) is -0.807. The molecular formula is C28H33NO4S2. The van der Waals surface area contributed by atoms with Gasteiger partial charge in [-0.25, -0.2) is 0 Å². The van der Waals surface area contributed by atoms with E-state index < -0.39 is 11.6 Å². The number of hydrogen-bond acceptors (Lipinski definition) is 6. The van der Waals surface area contributed by atoms with Crippen molar-refractivity contribution in [3.63, 3.8) is 0 Å². The van der Waals surface area contributed by atoms with Crippen LogP contribution in [0.25, 0.3) is 0 Å². The second-order valence-electron chi connectivity index (χ2n) is 10.3. The summed E-state index contributed by atoms with van der Waals surface area (Å²) in [6, 6.07) is 17.8.